The molecule has 0 spiro atoms. The molecule has 0 radical (unpaired) electrons. The second kappa shape index (κ2) is 11.3. The summed E-state index contributed by atoms with van der Waals surface area (Å²) < 4.78 is 5.82. The average molecular weight is 436 g/mol. The number of hydrogen-bond donors (Lipinski definition) is 4. The molecule has 0 aromatic heterocycles. The smallest absolute Gasteiger partial charge is 0.315 e. The zero-order valence-corrected chi connectivity index (χ0v) is 17.7. The van der Waals surface area contributed by atoms with Crippen LogP contribution in [0, 0.1) is 0 Å². The summed E-state index contributed by atoms with van der Waals surface area (Å²) >= 11 is 5.86. The number of ether oxygens (including phenoxy) is 1. The van der Waals surface area contributed by atoms with Crippen molar-refractivity contribution in [1.82, 2.24) is 16.0 Å². The second-order valence-corrected chi connectivity index (χ2v) is 8.30. The molecular weight excluding hydrogens is 406 g/mol. The predicted octanol–water partition coefficient (Wildman–Crippen LogP) is 2.66. The fourth-order valence-corrected chi connectivity index (χ4v) is 3.95. The Balaban J connectivity index is 1.44. The molecule has 0 saturated heterocycles. The van der Waals surface area contributed by atoms with Crippen LogP contribution < -0.4 is 16.0 Å². The normalized spacial score (nSPS) is 24.3. The van der Waals surface area contributed by atoms with Gasteiger partial charge in [0.25, 0.3) is 0 Å². The summed E-state index contributed by atoms with van der Waals surface area (Å²) in [7, 11) is 0. The number of aliphatic hydroxyl groups is 1. The molecule has 0 bridgehead atoms. The highest BCUT2D eigenvalue weighted by atomic mass is 35.5. The minimum absolute atomic E-state index is 0.140. The van der Waals surface area contributed by atoms with Gasteiger partial charge in [-0.1, -0.05) is 55.1 Å². The lowest BCUT2D eigenvalue weighted by Crippen LogP contribution is -2.53. The molecule has 1 aromatic rings. The molecule has 4 N–H and O–H groups in total. The van der Waals surface area contributed by atoms with Crippen molar-refractivity contribution >= 4 is 23.5 Å². The molecule has 0 unspecified atom stereocenters. The number of amides is 3. The van der Waals surface area contributed by atoms with E-state index < -0.39 is 18.2 Å². The maximum atomic E-state index is 12.3. The lowest BCUT2D eigenvalue weighted by atomic mass is 9.96. The molecule has 2 aliphatic rings. The van der Waals surface area contributed by atoms with E-state index in [9.17, 15) is 14.7 Å². The van der Waals surface area contributed by atoms with Crippen LogP contribution >= 0.6 is 11.6 Å². The third-order valence-electron chi connectivity index (χ3n) is 5.49. The van der Waals surface area contributed by atoms with Crippen LogP contribution in [0.5, 0.6) is 0 Å². The van der Waals surface area contributed by atoms with Crippen LogP contribution in [0.15, 0.2) is 36.4 Å². The van der Waals surface area contributed by atoms with Crippen molar-refractivity contribution < 1.29 is 19.4 Å². The molecule has 1 aromatic carbocycles. The van der Waals surface area contributed by atoms with Gasteiger partial charge in [0.15, 0.2) is 0 Å². The molecule has 164 valence electrons. The van der Waals surface area contributed by atoms with Crippen LogP contribution in [0.3, 0.4) is 0 Å². The first-order valence-electron chi connectivity index (χ1n) is 10.6. The number of nitrogens with one attached hydrogen (secondary N) is 3. The summed E-state index contributed by atoms with van der Waals surface area (Å²) in [6.07, 6.45) is 8.15. The van der Waals surface area contributed by atoms with E-state index in [1.54, 1.807) is 24.3 Å². The topological polar surface area (TPSA) is 99.7 Å². The number of rotatable bonds is 7. The zero-order valence-electron chi connectivity index (χ0n) is 17.0. The van der Waals surface area contributed by atoms with Crippen LogP contribution in [0.25, 0.3) is 0 Å². The van der Waals surface area contributed by atoms with Gasteiger partial charge in [0.05, 0.1) is 25.2 Å². The van der Waals surface area contributed by atoms with Crippen molar-refractivity contribution in [1.29, 1.82) is 0 Å². The van der Waals surface area contributed by atoms with E-state index in [-0.39, 0.29) is 31.0 Å². The van der Waals surface area contributed by atoms with Crippen molar-refractivity contribution in [2.75, 3.05) is 6.61 Å². The number of aliphatic hydroxyl groups excluding tert-OH is 1. The molecule has 3 amide bonds. The summed E-state index contributed by atoms with van der Waals surface area (Å²) in [6, 6.07) is 6.78. The molecule has 1 saturated carbocycles. The average Bonchev–Trinajstić information content (AvgIpc) is 2.75. The van der Waals surface area contributed by atoms with E-state index in [0.29, 0.717) is 11.6 Å². The Morgan fingerprint density at radius 3 is 2.50 bits per heavy atom. The summed E-state index contributed by atoms with van der Waals surface area (Å²) in [5, 5.41) is 19.0. The molecular formula is C22H30ClN3O4. The Morgan fingerprint density at radius 1 is 1.07 bits per heavy atom. The first kappa shape index (κ1) is 22.6. The van der Waals surface area contributed by atoms with Gasteiger partial charge in [0.2, 0.25) is 5.91 Å². The Bertz CT molecular complexity index is 734. The van der Waals surface area contributed by atoms with Crippen molar-refractivity contribution in [3.8, 4) is 0 Å². The zero-order chi connectivity index (χ0) is 21.3. The number of carbonyl (C=O) groups is 2. The maximum Gasteiger partial charge on any atom is 0.315 e. The highest BCUT2D eigenvalue weighted by Crippen LogP contribution is 2.18. The quantitative estimate of drug-likeness (QED) is 0.495. The van der Waals surface area contributed by atoms with E-state index in [2.05, 4.69) is 16.0 Å². The monoisotopic (exact) mass is 435 g/mol. The molecule has 1 heterocycles. The molecule has 8 heteroatoms. The van der Waals surface area contributed by atoms with Gasteiger partial charge in [0, 0.05) is 17.6 Å². The van der Waals surface area contributed by atoms with Gasteiger partial charge in [-0.05, 0) is 30.5 Å². The summed E-state index contributed by atoms with van der Waals surface area (Å²) in [5.41, 5.74) is 0.953. The lowest BCUT2D eigenvalue weighted by molar-refractivity contribution is -0.125. The molecule has 3 atom stereocenters. The SMILES string of the molecule is O=C(C[C@@H]1C=C[C@@H](NC(=O)NC2CCCCC2)[C@H](CO)O1)NCc1ccc(Cl)cc1. The second-order valence-electron chi connectivity index (χ2n) is 7.87. The van der Waals surface area contributed by atoms with Gasteiger partial charge < -0.3 is 25.8 Å². The van der Waals surface area contributed by atoms with Crippen molar-refractivity contribution in [3.05, 3.63) is 47.0 Å². The Labute approximate surface area is 182 Å². The molecule has 7 nitrogen and oxygen atoms in total. The van der Waals surface area contributed by atoms with Gasteiger partial charge in [-0.15, -0.1) is 0 Å². The van der Waals surface area contributed by atoms with Crippen LogP contribution in [0.2, 0.25) is 5.02 Å². The molecule has 1 aliphatic carbocycles. The van der Waals surface area contributed by atoms with E-state index in [1.165, 1.54) is 6.42 Å². The Kier molecular flexibility index (Phi) is 8.54. The van der Waals surface area contributed by atoms with Crippen molar-refractivity contribution in [3.63, 3.8) is 0 Å². The minimum atomic E-state index is -0.596. The molecule has 1 aliphatic heterocycles. The van der Waals surface area contributed by atoms with Crippen LogP contribution in [-0.2, 0) is 16.1 Å². The third kappa shape index (κ3) is 7.00. The number of halogens is 1. The summed E-state index contributed by atoms with van der Waals surface area (Å²) in [6.45, 7) is 0.156. The summed E-state index contributed by atoms with van der Waals surface area (Å²) in [5.74, 6) is -0.155. The Hall–Kier alpha value is -2.09. The number of urea groups is 1. The predicted molar refractivity (Wildman–Crippen MR) is 115 cm³/mol. The van der Waals surface area contributed by atoms with Gasteiger partial charge in [-0.25, -0.2) is 4.79 Å². The van der Waals surface area contributed by atoms with Crippen LogP contribution in [0.1, 0.15) is 44.1 Å². The number of hydrogen-bond acceptors (Lipinski definition) is 4. The van der Waals surface area contributed by atoms with Crippen molar-refractivity contribution in [2.24, 2.45) is 0 Å². The molecule has 1 fully saturated rings. The van der Waals surface area contributed by atoms with Gasteiger partial charge in [-0.2, -0.15) is 0 Å². The molecule has 30 heavy (non-hydrogen) atoms. The fraction of sp³-hybridized carbons (Fsp3) is 0.545. The van der Waals surface area contributed by atoms with E-state index in [1.807, 2.05) is 12.1 Å². The van der Waals surface area contributed by atoms with E-state index >= 15 is 0 Å². The largest absolute Gasteiger partial charge is 0.394 e. The summed E-state index contributed by atoms with van der Waals surface area (Å²) in [4.78, 5) is 24.5. The highest BCUT2D eigenvalue weighted by molar-refractivity contribution is 6.30. The minimum Gasteiger partial charge on any atom is -0.394 e. The fourth-order valence-electron chi connectivity index (χ4n) is 3.82. The van der Waals surface area contributed by atoms with Crippen LogP contribution in [0.4, 0.5) is 4.79 Å². The van der Waals surface area contributed by atoms with E-state index in [4.69, 9.17) is 16.3 Å². The van der Waals surface area contributed by atoms with E-state index in [0.717, 1.165) is 31.2 Å². The lowest BCUT2D eigenvalue weighted by Gasteiger charge is -2.32. The van der Waals surface area contributed by atoms with Crippen molar-refractivity contribution in [2.45, 2.75) is 69.4 Å². The Morgan fingerprint density at radius 2 is 1.80 bits per heavy atom. The number of carbonyl (C=O) groups excluding carboxylic acids is 2. The first-order chi connectivity index (χ1) is 14.5. The number of benzene rings is 1. The molecule has 3 rings (SSSR count). The van der Waals surface area contributed by atoms with Gasteiger partial charge in [0.1, 0.15) is 6.10 Å². The van der Waals surface area contributed by atoms with Gasteiger partial charge in [-0.3, -0.25) is 4.79 Å². The third-order valence-corrected chi connectivity index (χ3v) is 5.74. The first-order valence-corrected chi connectivity index (χ1v) is 10.9. The van der Waals surface area contributed by atoms with Crippen LogP contribution in [-0.4, -0.2) is 47.9 Å². The maximum absolute atomic E-state index is 12.3. The standard InChI is InChI=1S/C22H30ClN3O4/c23-16-8-6-15(7-9-16)13-24-21(28)12-18-10-11-19(20(14-27)30-18)26-22(29)25-17-4-2-1-3-5-17/h6-11,17-20,27H,1-5,12-14H2,(H,24,28)(H2,25,26,29)/t18-,19+,20-/m0/s1. The highest BCUT2D eigenvalue weighted by Gasteiger charge is 2.29. The van der Waals surface area contributed by atoms with Gasteiger partial charge >= 0.3 is 6.03 Å².